The van der Waals surface area contributed by atoms with Gasteiger partial charge in [0.05, 0.1) is 10.6 Å². The van der Waals surface area contributed by atoms with Gasteiger partial charge in [-0.1, -0.05) is 0 Å². The second-order valence-corrected chi connectivity index (χ2v) is 4.60. The summed E-state index contributed by atoms with van der Waals surface area (Å²) in [5.41, 5.74) is 4.23. The molecule has 1 heterocycles. The molecule has 0 aliphatic heterocycles. The van der Waals surface area contributed by atoms with Gasteiger partial charge < -0.3 is 4.57 Å². The standard InChI is InChI=1S/C15H17N3O2/c1-4-17-11(2)9-13(12(17)3)10-16-14-5-7-15(8-6-14)18(19)20/h5-10H,4H2,1-3H3. The van der Waals surface area contributed by atoms with Gasteiger partial charge in [-0.3, -0.25) is 15.1 Å². The minimum absolute atomic E-state index is 0.0770. The highest BCUT2D eigenvalue weighted by Crippen LogP contribution is 2.19. The lowest BCUT2D eigenvalue weighted by atomic mass is 10.2. The van der Waals surface area contributed by atoms with E-state index in [4.69, 9.17) is 0 Å². The fraction of sp³-hybridized carbons (Fsp3) is 0.267. The van der Waals surface area contributed by atoms with Crippen molar-refractivity contribution in [3.63, 3.8) is 0 Å². The van der Waals surface area contributed by atoms with Crippen LogP contribution in [0.5, 0.6) is 0 Å². The quantitative estimate of drug-likeness (QED) is 0.482. The summed E-state index contributed by atoms with van der Waals surface area (Å²) in [6, 6.07) is 8.30. The Labute approximate surface area is 117 Å². The molecule has 2 aromatic rings. The summed E-state index contributed by atoms with van der Waals surface area (Å²) in [6.45, 7) is 7.17. The Morgan fingerprint density at radius 1 is 1.30 bits per heavy atom. The number of hydrogen-bond donors (Lipinski definition) is 0. The third-order valence-electron chi connectivity index (χ3n) is 3.34. The van der Waals surface area contributed by atoms with Crippen molar-refractivity contribution in [2.45, 2.75) is 27.3 Å². The van der Waals surface area contributed by atoms with E-state index in [1.54, 1.807) is 18.3 Å². The molecule has 0 unspecified atom stereocenters. The molecule has 20 heavy (non-hydrogen) atoms. The maximum absolute atomic E-state index is 10.6. The minimum atomic E-state index is -0.414. The van der Waals surface area contributed by atoms with E-state index in [-0.39, 0.29) is 5.69 Å². The van der Waals surface area contributed by atoms with Crippen molar-refractivity contribution in [1.29, 1.82) is 0 Å². The summed E-state index contributed by atoms with van der Waals surface area (Å²) in [5.74, 6) is 0. The van der Waals surface area contributed by atoms with E-state index in [0.717, 1.165) is 12.1 Å². The molecule has 0 radical (unpaired) electrons. The monoisotopic (exact) mass is 271 g/mol. The number of nitrogens with zero attached hydrogens (tertiary/aromatic N) is 3. The second kappa shape index (κ2) is 5.69. The Morgan fingerprint density at radius 2 is 1.95 bits per heavy atom. The van der Waals surface area contributed by atoms with Gasteiger partial charge in [0.2, 0.25) is 0 Å². The number of benzene rings is 1. The van der Waals surface area contributed by atoms with E-state index in [2.05, 4.69) is 36.4 Å². The molecule has 0 bridgehead atoms. The van der Waals surface area contributed by atoms with Gasteiger partial charge in [0.25, 0.3) is 5.69 Å². The van der Waals surface area contributed by atoms with Crippen LogP contribution in [0.4, 0.5) is 11.4 Å². The van der Waals surface area contributed by atoms with Gasteiger partial charge in [-0.05, 0) is 39.0 Å². The van der Waals surface area contributed by atoms with E-state index >= 15 is 0 Å². The van der Waals surface area contributed by atoms with Crippen molar-refractivity contribution in [2.75, 3.05) is 0 Å². The molecule has 0 saturated heterocycles. The fourth-order valence-corrected chi connectivity index (χ4v) is 2.25. The van der Waals surface area contributed by atoms with Crippen LogP contribution in [0.25, 0.3) is 0 Å². The number of hydrogen-bond acceptors (Lipinski definition) is 3. The molecule has 2 rings (SSSR count). The minimum Gasteiger partial charge on any atom is -0.349 e. The first kappa shape index (κ1) is 14.0. The zero-order valence-electron chi connectivity index (χ0n) is 11.8. The Kier molecular flexibility index (Phi) is 3.98. The highest BCUT2D eigenvalue weighted by molar-refractivity contribution is 5.83. The molecule has 0 spiro atoms. The van der Waals surface area contributed by atoms with Crippen LogP contribution in [0, 0.1) is 24.0 Å². The topological polar surface area (TPSA) is 60.4 Å². The lowest BCUT2D eigenvalue weighted by molar-refractivity contribution is -0.384. The van der Waals surface area contributed by atoms with Gasteiger partial charge in [-0.2, -0.15) is 0 Å². The van der Waals surface area contributed by atoms with Gasteiger partial charge >= 0.3 is 0 Å². The van der Waals surface area contributed by atoms with E-state index in [9.17, 15) is 10.1 Å². The molecule has 5 nitrogen and oxygen atoms in total. The molecule has 0 saturated carbocycles. The van der Waals surface area contributed by atoms with Gasteiger partial charge in [-0.25, -0.2) is 0 Å². The number of nitro groups is 1. The smallest absolute Gasteiger partial charge is 0.269 e. The van der Waals surface area contributed by atoms with Crippen LogP contribution in [0.15, 0.2) is 35.3 Å². The van der Waals surface area contributed by atoms with Crippen LogP contribution in [0.3, 0.4) is 0 Å². The molecule has 1 aromatic heterocycles. The van der Waals surface area contributed by atoms with Crippen molar-refractivity contribution in [2.24, 2.45) is 4.99 Å². The zero-order chi connectivity index (χ0) is 14.7. The number of rotatable bonds is 4. The van der Waals surface area contributed by atoms with Crippen molar-refractivity contribution >= 4 is 17.6 Å². The molecule has 0 atom stereocenters. The third kappa shape index (κ3) is 2.77. The number of aryl methyl sites for hydroxylation is 1. The molecule has 0 fully saturated rings. The largest absolute Gasteiger partial charge is 0.349 e. The lowest BCUT2D eigenvalue weighted by Gasteiger charge is -2.04. The zero-order valence-corrected chi connectivity index (χ0v) is 11.8. The van der Waals surface area contributed by atoms with E-state index < -0.39 is 4.92 Å². The van der Waals surface area contributed by atoms with Crippen molar-refractivity contribution in [1.82, 2.24) is 4.57 Å². The number of non-ortho nitro benzene ring substituents is 1. The molecule has 0 aliphatic carbocycles. The Morgan fingerprint density at radius 3 is 2.45 bits per heavy atom. The average Bonchev–Trinajstić information content (AvgIpc) is 2.71. The number of aromatic nitrogens is 1. The summed E-state index contributed by atoms with van der Waals surface area (Å²) in [4.78, 5) is 14.5. The lowest BCUT2D eigenvalue weighted by Crippen LogP contribution is -1.99. The van der Waals surface area contributed by atoms with E-state index in [0.29, 0.717) is 5.69 Å². The Hall–Kier alpha value is -2.43. The van der Waals surface area contributed by atoms with Crippen LogP contribution in [-0.4, -0.2) is 15.7 Å². The van der Waals surface area contributed by atoms with Crippen molar-refractivity contribution in [3.8, 4) is 0 Å². The van der Waals surface area contributed by atoms with Crippen LogP contribution >= 0.6 is 0 Å². The second-order valence-electron chi connectivity index (χ2n) is 4.60. The van der Waals surface area contributed by atoms with Crippen molar-refractivity contribution in [3.05, 3.63) is 57.4 Å². The maximum atomic E-state index is 10.6. The highest BCUT2D eigenvalue weighted by Gasteiger charge is 2.06. The van der Waals surface area contributed by atoms with Gasteiger partial charge in [0.1, 0.15) is 0 Å². The first-order chi connectivity index (χ1) is 9.52. The molecule has 1 aromatic carbocycles. The first-order valence-electron chi connectivity index (χ1n) is 6.48. The molecule has 0 N–H and O–H groups in total. The molecular formula is C15H17N3O2. The Balaban J connectivity index is 2.23. The van der Waals surface area contributed by atoms with Crippen LogP contribution < -0.4 is 0 Å². The van der Waals surface area contributed by atoms with Crippen molar-refractivity contribution < 1.29 is 4.92 Å². The first-order valence-corrected chi connectivity index (χ1v) is 6.48. The fourth-order valence-electron chi connectivity index (χ4n) is 2.25. The molecule has 0 aliphatic rings. The molecule has 0 amide bonds. The normalized spacial score (nSPS) is 11.2. The number of nitro benzene ring substituents is 1. The average molecular weight is 271 g/mol. The molecule has 5 heteroatoms. The van der Waals surface area contributed by atoms with Crippen LogP contribution in [0.2, 0.25) is 0 Å². The Bertz CT molecular complexity index is 655. The predicted molar refractivity (Wildman–Crippen MR) is 79.9 cm³/mol. The van der Waals surface area contributed by atoms with Crippen LogP contribution in [0.1, 0.15) is 23.9 Å². The highest BCUT2D eigenvalue weighted by atomic mass is 16.6. The SMILES string of the molecule is CCn1c(C)cc(C=Nc2ccc([N+](=O)[O-])cc2)c1C. The maximum Gasteiger partial charge on any atom is 0.269 e. The summed E-state index contributed by atoms with van der Waals surface area (Å²) < 4.78 is 2.22. The number of aliphatic imine (C=N–C) groups is 1. The molecular weight excluding hydrogens is 254 g/mol. The van der Waals surface area contributed by atoms with Crippen LogP contribution in [-0.2, 0) is 6.54 Å². The van der Waals surface area contributed by atoms with Gasteiger partial charge in [0.15, 0.2) is 0 Å². The van der Waals surface area contributed by atoms with Gasteiger partial charge in [0, 0.05) is 41.8 Å². The summed E-state index contributed by atoms with van der Waals surface area (Å²) >= 11 is 0. The van der Waals surface area contributed by atoms with E-state index in [1.807, 2.05) is 0 Å². The predicted octanol–water partition coefficient (Wildman–Crippen LogP) is 3.78. The third-order valence-corrected chi connectivity index (χ3v) is 3.34. The summed E-state index contributed by atoms with van der Waals surface area (Å²) in [7, 11) is 0. The summed E-state index contributed by atoms with van der Waals surface area (Å²) in [5, 5.41) is 10.6. The summed E-state index contributed by atoms with van der Waals surface area (Å²) in [6.07, 6.45) is 1.80. The van der Waals surface area contributed by atoms with Gasteiger partial charge in [-0.15, -0.1) is 0 Å². The van der Waals surface area contributed by atoms with E-state index in [1.165, 1.54) is 23.5 Å². The molecule has 104 valence electrons.